The molecule has 1 aromatic carbocycles. The molecule has 1 aliphatic rings. The predicted molar refractivity (Wildman–Crippen MR) is 101 cm³/mol. The van der Waals surface area contributed by atoms with Gasteiger partial charge in [0, 0.05) is 6.54 Å². The van der Waals surface area contributed by atoms with E-state index in [1.54, 1.807) is 12.1 Å². The van der Waals surface area contributed by atoms with Crippen molar-refractivity contribution in [2.75, 3.05) is 18.1 Å². The smallest absolute Gasteiger partial charge is 0.237 e. The zero-order valence-electron chi connectivity index (χ0n) is 15.0. The molecule has 1 saturated carbocycles. The minimum atomic E-state index is -3.30. The Kier molecular flexibility index (Phi) is 6.13. The van der Waals surface area contributed by atoms with Gasteiger partial charge >= 0.3 is 0 Å². The molecule has 9 heteroatoms. The first-order valence-electron chi connectivity index (χ1n) is 9.11. The van der Waals surface area contributed by atoms with Crippen molar-refractivity contribution in [3.05, 3.63) is 30.2 Å². The molecule has 27 heavy (non-hydrogen) atoms. The predicted octanol–water partition coefficient (Wildman–Crippen LogP) is 0.910. The first-order valence-corrected chi connectivity index (χ1v) is 10.9. The number of nitrogens with two attached hydrogens (primary N) is 1. The third-order valence-electron chi connectivity index (χ3n) is 4.51. The maximum atomic E-state index is 12.0. The third-order valence-corrected chi connectivity index (χ3v) is 6.35. The van der Waals surface area contributed by atoms with Crippen molar-refractivity contribution in [1.82, 2.24) is 10.3 Å². The maximum absolute atomic E-state index is 12.0. The Labute approximate surface area is 158 Å². The van der Waals surface area contributed by atoms with Gasteiger partial charge in [0.05, 0.1) is 17.5 Å². The van der Waals surface area contributed by atoms with Gasteiger partial charge in [-0.2, -0.15) is 0 Å². The van der Waals surface area contributed by atoms with Crippen molar-refractivity contribution in [3.8, 4) is 0 Å². The lowest BCUT2D eigenvalue weighted by molar-refractivity contribution is -0.121. The summed E-state index contributed by atoms with van der Waals surface area (Å²) in [6.45, 7) is 0.284. The Morgan fingerprint density at radius 3 is 2.81 bits per heavy atom. The molecule has 1 aliphatic carbocycles. The zero-order valence-corrected chi connectivity index (χ0v) is 15.8. The number of aliphatic hydroxyl groups is 1. The van der Waals surface area contributed by atoms with Crippen LogP contribution in [0.4, 0.5) is 0 Å². The number of hydrogen-bond donors (Lipinski definition) is 3. The number of amides is 1. The quantitative estimate of drug-likeness (QED) is 0.509. The summed E-state index contributed by atoms with van der Waals surface area (Å²) < 4.78 is 29.4. The molecule has 0 bridgehead atoms. The molecule has 3 rings (SSSR count). The van der Waals surface area contributed by atoms with E-state index in [1.165, 1.54) is 0 Å². The first-order chi connectivity index (χ1) is 12.8. The van der Waals surface area contributed by atoms with E-state index in [0.29, 0.717) is 23.9 Å². The van der Waals surface area contributed by atoms with Crippen LogP contribution in [0.25, 0.3) is 11.1 Å². The summed E-state index contributed by atoms with van der Waals surface area (Å²) >= 11 is 0. The topological polar surface area (TPSA) is 136 Å². The number of para-hydroxylation sites is 2. The normalized spacial score (nSPS) is 17.0. The second-order valence-electron chi connectivity index (χ2n) is 7.10. The van der Waals surface area contributed by atoms with Crippen LogP contribution < -0.4 is 11.1 Å². The van der Waals surface area contributed by atoms with Gasteiger partial charge in [0.25, 0.3) is 0 Å². The third kappa shape index (κ3) is 5.75. The Morgan fingerprint density at radius 2 is 2.11 bits per heavy atom. The van der Waals surface area contributed by atoms with Crippen LogP contribution in [0.2, 0.25) is 0 Å². The van der Waals surface area contributed by atoms with Crippen molar-refractivity contribution in [2.24, 2.45) is 11.7 Å². The number of nitrogens with zero attached hydrogens (tertiary/aromatic N) is 1. The van der Waals surface area contributed by atoms with E-state index < -0.39 is 27.9 Å². The second kappa shape index (κ2) is 8.37. The van der Waals surface area contributed by atoms with Crippen LogP contribution in [0.3, 0.4) is 0 Å². The number of carbonyl (C=O) groups is 1. The molecule has 2 atom stereocenters. The fourth-order valence-corrected chi connectivity index (χ4v) is 4.74. The molecule has 1 aromatic heterocycles. The molecule has 148 valence electrons. The Hall–Kier alpha value is -1.97. The highest BCUT2D eigenvalue weighted by Crippen LogP contribution is 2.30. The molecule has 1 amide bonds. The second-order valence-corrected chi connectivity index (χ2v) is 9.25. The lowest BCUT2D eigenvalue weighted by Crippen LogP contribution is -2.45. The molecule has 0 aliphatic heterocycles. The molecule has 0 radical (unpaired) electrons. The number of aromatic nitrogens is 1. The van der Waals surface area contributed by atoms with Gasteiger partial charge in [-0.1, -0.05) is 12.1 Å². The number of sulfone groups is 1. The van der Waals surface area contributed by atoms with Crippen LogP contribution in [0.5, 0.6) is 0 Å². The van der Waals surface area contributed by atoms with E-state index in [0.717, 1.165) is 12.8 Å². The largest absolute Gasteiger partial charge is 0.438 e. The van der Waals surface area contributed by atoms with Crippen molar-refractivity contribution >= 4 is 26.8 Å². The van der Waals surface area contributed by atoms with E-state index in [4.69, 9.17) is 10.2 Å². The van der Waals surface area contributed by atoms with E-state index >= 15 is 0 Å². The number of oxazole rings is 1. The number of benzene rings is 1. The summed E-state index contributed by atoms with van der Waals surface area (Å²) in [6, 6.07) is 6.17. The lowest BCUT2D eigenvalue weighted by atomic mass is 10.2. The van der Waals surface area contributed by atoms with Crippen molar-refractivity contribution in [1.29, 1.82) is 0 Å². The molecule has 8 nitrogen and oxygen atoms in total. The number of nitrogens with one attached hydrogen (secondary N) is 1. The molecular formula is C18H25N3O5S. The zero-order chi connectivity index (χ0) is 19.4. The summed E-state index contributed by atoms with van der Waals surface area (Å²) in [6.07, 6.45) is 1.82. The molecule has 0 spiro atoms. The number of fused-ring (bicyclic) bond motifs is 1. The van der Waals surface area contributed by atoms with Gasteiger partial charge in [0.15, 0.2) is 15.4 Å². The van der Waals surface area contributed by atoms with Crippen molar-refractivity contribution in [3.63, 3.8) is 0 Å². The molecule has 4 N–H and O–H groups in total. The minimum Gasteiger partial charge on any atom is -0.438 e. The van der Waals surface area contributed by atoms with E-state index in [-0.39, 0.29) is 29.9 Å². The van der Waals surface area contributed by atoms with Crippen molar-refractivity contribution in [2.45, 2.75) is 37.8 Å². The number of carbonyl (C=O) groups excluding carboxylic acids is 1. The fourth-order valence-electron chi connectivity index (χ4n) is 2.86. The van der Waals surface area contributed by atoms with Gasteiger partial charge in [-0.15, -0.1) is 0 Å². The summed E-state index contributed by atoms with van der Waals surface area (Å²) in [7, 11) is -3.30. The average molecular weight is 395 g/mol. The fraction of sp³-hybridized carbons (Fsp3) is 0.556. The number of aliphatic hydroxyl groups excluding tert-OH is 1. The van der Waals surface area contributed by atoms with Gasteiger partial charge < -0.3 is 20.6 Å². The van der Waals surface area contributed by atoms with Crippen LogP contribution in [0.15, 0.2) is 28.7 Å². The van der Waals surface area contributed by atoms with E-state index in [9.17, 15) is 18.3 Å². The van der Waals surface area contributed by atoms with Crippen LogP contribution >= 0.6 is 0 Å². The number of rotatable bonds is 10. The summed E-state index contributed by atoms with van der Waals surface area (Å²) in [5.74, 6) is -0.236. The highest BCUT2D eigenvalue weighted by atomic mass is 32.2. The Bertz CT molecular complexity index is 858. The molecule has 1 heterocycles. The highest BCUT2D eigenvalue weighted by molar-refractivity contribution is 7.91. The highest BCUT2D eigenvalue weighted by Gasteiger charge is 2.30. The Balaban J connectivity index is 1.39. The van der Waals surface area contributed by atoms with Crippen LogP contribution in [0.1, 0.15) is 37.7 Å². The standard InChI is InChI=1S/C18H25N3O5S/c19-13(11-27(24,25)10-12-7-8-12)17(23)20-9-3-5-15(22)18-21-14-4-1-2-6-16(14)26-18/h1-2,4,6,12-13,15,22H,3,5,7-11,19H2,(H,20,23). The SMILES string of the molecule is NC(CS(=O)(=O)CC1CC1)C(=O)NCCCC(O)c1nc2ccccc2o1. The summed E-state index contributed by atoms with van der Waals surface area (Å²) in [5.41, 5.74) is 7.00. The minimum absolute atomic E-state index is 0.116. The van der Waals surface area contributed by atoms with Gasteiger partial charge in [0.2, 0.25) is 11.8 Å². The lowest BCUT2D eigenvalue weighted by Gasteiger charge is -2.13. The molecule has 0 saturated heterocycles. The molecular weight excluding hydrogens is 370 g/mol. The van der Waals surface area contributed by atoms with Gasteiger partial charge in [-0.3, -0.25) is 4.79 Å². The van der Waals surface area contributed by atoms with Gasteiger partial charge in [0.1, 0.15) is 11.6 Å². The van der Waals surface area contributed by atoms with Crippen LogP contribution in [-0.4, -0.2) is 48.5 Å². The van der Waals surface area contributed by atoms with Gasteiger partial charge in [-0.05, 0) is 43.7 Å². The monoisotopic (exact) mass is 395 g/mol. The average Bonchev–Trinajstić information content (AvgIpc) is 3.30. The van der Waals surface area contributed by atoms with E-state index in [2.05, 4.69) is 10.3 Å². The van der Waals surface area contributed by atoms with E-state index in [1.807, 2.05) is 12.1 Å². The first kappa shape index (κ1) is 19.8. The maximum Gasteiger partial charge on any atom is 0.237 e. The van der Waals surface area contributed by atoms with Crippen molar-refractivity contribution < 1.29 is 22.7 Å². The van der Waals surface area contributed by atoms with Gasteiger partial charge in [-0.25, -0.2) is 13.4 Å². The Morgan fingerprint density at radius 1 is 1.37 bits per heavy atom. The summed E-state index contributed by atoms with van der Waals surface area (Å²) in [4.78, 5) is 16.2. The molecule has 2 unspecified atom stereocenters. The number of hydrogen-bond acceptors (Lipinski definition) is 7. The summed E-state index contributed by atoms with van der Waals surface area (Å²) in [5, 5.41) is 12.8. The van der Waals surface area contributed by atoms with Crippen LogP contribution in [-0.2, 0) is 14.6 Å². The van der Waals surface area contributed by atoms with Crippen LogP contribution in [0, 0.1) is 5.92 Å². The molecule has 2 aromatic rings. The molecule has 1 fully saturated rings.